The number of nitrogens with one attached hydrogen (secondary N) is 3. The average Bonchev–Trinajstić information content (AvgIpc) is 3.59. The summed E-state index contributed by atoms with van der Waals surface area (Å²) in [6, 6.07) is 13.3. The van der Waals surface area contributed by atoms with Crippen LogP contribution >= 0.6 is 0 Å². The zero-order chi connectivity index (χ0) is 27.3. The normalized spacial score (nSPS) is 14.9. The van der Waals surface area contributed by atoms with Crippen LogP contribution in [-0.2, 0) is 27.7 Å². The first-order valence-electron chi connectivity index (χ1n) is 12.5. The number of sulfonamides is 1. The highest BCUT2D eigenvalue weighted by Crippen LogP contribution is 2.34. The standard InChI is InChI=1S/C27H33N5O5S/c1-32(38(2,36)37)22-15-20(11-10-18-8-9-18)14-21(17-22)25(34)30-23(16-19-6-4-3-5-7-19)24(33)26(35)31-27-28-12-13-29-27/h3-7,12-15,17-18,23-24,33H,8-11,16H2,1-2H3,(H,30,34)(H2,28,29,31,35)/t23-,24+/m0/s1. The van der Waals surface area contributed by atoms with E-state index in [1.807, 2.05) is 30.3 Å². The first-order valence-corrected chi connectivity index (χ1v) is 14.4. The van der Waals surface area contributed by atoms with E-state index >= 15 is 0 Å². The summed E-state index contributed by atoms with van der Waals surface area (Å²) in [5, 5.41) is 16.2. The minimum atomic E-state index is -3.55. The van der Waals surface area contributed by atoms with Crippen LogP contribution in [0.25, 0.3) is 0 Å². The number of carbonyl (C=O) groups is 2. The van der Waals surface area contributed by atoms with E-state index in [0.717, 1.165) is 34.5 Å². The van der Waals surface area contributed by atoms with Crippen molar-refractivity contribution < 1.29 is 23.1 Å². The number of aliphatic hydroxyl groups is 1. The van der Waals surface area contributed by atoms with Gasteiger partial charge in [0.2, 0.25) is 16.0 Å². The van der Waals surface area contributed by atoms with Gasteiger partial charge in [-0.3, -0.25) is 19.2 Å². The largest absolute Gasteiger partial charge is 0.381 e. The lowest BCUT2D eigenvalue weighted by Gasteiger charge is -2.24. The fraction of sp³-hybridized carbons (Fsp3) is 0.370. The fourth-order valence-electron chi connectivity index (χ4n) is 4.17. The summed E-state index contributed by atoms with van der Waals surface area (Å²) < 4.78 is 25.6. The van der Waals surface area contributed by atoms with Crippen LogP contribution in [-0.4, -0.2) is 60.8 Å². The maximum atomic E-state index is 13.5. The molecule has 0 bridgehead atoms. The van der Waals surface area contributed by atoms with E-state index in [2.05, 4.69) is 20.6 Å². The lowest BCUT2D eigenvalue weighted by atomic mass is 9.99. The lowest BCUT2D eigenvalue weighted by Crippen LogP contribution is -2.50. The predicted molar refractivity (Wildman–Crippen MR) is 145 cm³/mol. The number of aromatic amines is 1. The predicted octanol–water partition coefficient (Wildman–Crippen LogP) is 2.49. The Labute approximate surface area is 222 Å². The molecule has 1 saturated carbocycles. The number of H-pyrrole nitrogens is 1. The third-order valence-corrected chi connectivity index (χ3v) is 7.85. The van der Waals surface area contributed by atoms with Gasteiger partial charge in [0.05, 0.1) is 18.0 Å². The monoisotopic (exact) mass is 539 g/mol. The molecule has 202 valence electrons. The zero-order valence-corrected chi connectivity index (χ0v) is 22.2. The number of aryl methyl sites for hydroxylation is 1. The maximum Gasteiger partial charge on any atom is 0.257 e. The Morgan fingerprint density at radius 2 is 1.89 bits per heavy atom. The number of carbonyl (C=O) groups excluding carboxylic acids is 2. The van der Waals surface area contributed by atoms with Gasteiger partial charge in [0.1, 0.15) is 0 Å². The Kier molecular flexibility index (Phi) is 8.48. The molecular weight excluding hydrogens is 506 g/mol. The van der Waals surface area contributed by atoms with Gasteiger partial charge in [0.15, 0.2) is 6.10 Å². The molecule has 1 heterocycles. The van der Waals surface area contributed by atoms with Crippen molar-refractivity contribution in [3.8, 4) is 0 Å². The molecule has 0 saturated heterocycles. The smallest absolute Gasteiger partial charge is 0.257 e. The van der Waals surface area contributed by atoms with Crippen LogP contribution < -0.4 is 14.9 Å². The average molecular weight is 540 g/mol. The van der Waals surface area contributed by atoms with Crippen molar-refractivity contribution in [3.05, 3.63) is 77.6 Å². The number of imidazole rings is 1. The van der Waals surface area contributed by atoms with E-state index in [1.165, 1.54) is 38.3 Å². The lowest BCUT2D eigenvalue weighted by molar-refractivity contribution is -0.125. The quantitative estimate of drug-likeness (QED) is 0.278. The summed E-state index contributed by atoms with van der Waals surface area (Å²) in [4.78, 5) is 32.9. The van der Waals surface area contributed by atoms with Gasteiger partial charge in [-0.25, -0.2) is 13.4 Å². The molecule has 0 spiro atoms. The summed E-state index contributed by atoms with van der Waals surface area (Å²) in [7, 11) is -2.11. The minimum absolute atomic E-state index is 0.177. The Bertz CT molecular complexity index is 1360. The fourth-order valence-corrected chi connectivity index (χ4v) is 4.66. The van der Waals surface area contributed by atoms with E-state index in [9.17, 15) is 23.1 Å². The van der Waals surface area contributed by atoms with Gasteiger partial charge in [-0.15, -0.1) is 0 Å². The molecule has 4 N–H and O–H groups in total. The second-order valence-corrected chi connectivity index (χ2v) is 11.8. The van der Waals surface area contributed by atoms with E-state index in [-0.39, 0.29) is 17.9 Å². The summed E-state index contributed by atoms with van der Waals surface area (Å²) >= 11 is 0. The molecule has 0 radical (unpaired) electrons. The molecule has 3 aromatic rings. The van der Waals surface area contributed by atoms with Crippen LogP contribution in [0.15, 0.2) is 60.9 Å². The number of aliphatic hydroxyl groups excluding tert-OH is 1. The second kappa shape index (κ2) is 11.8. The van der Waals surface area contributed by atoms with Gasteiger partial charge < -0.3 is 15.4 Å². The topological polar surface area (TPSA) is 144 Å². The number of nitrogens with zero attached hydrogens (tertiary/aromatic N) is 2. The van der Waals surface area contributed by atoms with Crippen molar-refractivity contribution in [1.82, 2.24) is 15.3 Å². The molecule has 10 nitrogen and oxygen atoms in total. The van der Waals surface area contributed by atoms with Gasteiger partial charge in [-0.05, 0) is 54.5 Å². The molecule has 4 rings (SSSR count). The molecule has 0 aliphatic heterocycles. The van der Waals surface area contributed by atoms with E-state index in [1.54, 1.807) is 12.1 Å². The molecule has 38 heavy (non-hydrogen) atoms. The number of hydrogen-bond donors (Lipinski definition) is 4. The van der Waals surface area contributed by atoms with Gasteiger partial charge >= 0.3 is 0 Å². The zero-order valence-electron chi connectivity index (χ0n) is 21.4. The SMILES string of the molecule is CN(c1cc(CCC2CC2)cc(C(=O)N[C@@H](Cc2ccccc2)[C@@H](O)C(=O)Nc2ncc[nH]2)c1)S(C)(=O)=O. The van der Waals surface area contributed by atoms with Crippen molar-refractivity contribution in [3.63, 3.8) is 0 Å². The minimum Gasteiger partial charge on any atom is -0.381 e. The summed E-state index contributed by atoms with van der Waals surface area (Å²) in [6.45, 7) is 0. The number of anilines is 2. The van der Waals surface area contributed by atoms with Crippen molar-refractivity contribution in [1.29, 1.82) is 0 Å². The molecule has 2 amide bonds. The molecule has 1 aliphatic rings. The summed E-state index contributed by atoms with van der Waals surface area (Å²) in [5.74, 6) is -0.402. The highest BCUT2D eigenvalue weighted by Gasteiger charge is 2.29. The Morgan fingerprint density at radius 3 is 2.53 bits per heavy atom. The summed E-state index contributed by atoms with van der Waals surface area (Å²) in [5.41, 5.74) is 2.30. The molecule has 11 heteroatoms. The van der Waals surface area contributed by atoms with Crippen LogP contribution in [0.1, 0.15) is 40.7 Å². The Hall–Kier alpha value is -3.70. The van der Waals surface area contributed by atoms with Crippen LogP contribution in [0.5, 0.6) is 0 Å². The second-order valence-electron chi connectivity index (χ2n) is 9.74. The first kappa shape index (κ1) is 27.3. The van der Waals surface area contributed by atoms with Crippen LogP contribution in [0.3, 0.4) is 0 Å². The van der Waals surface area contributed by atoms with Crippen LogP contribution in [0.4, 0.5) is 11.6 Å². The third kappa shape index (κ3) is 7.42. The Balaban J connectivity index is 1.59. The van der Waals surface area contributed by atoms with E-state index in [0.29, 0.717) is 11.6 Å². The molecule has 1 aromatic heterocycles. The van der Waals surface area contributed by atoms with Gasteiger partial charge in [-0.2, -0.15) is 0 Å². The van der Waals surface area contributed by atoms with E-state index in [4.69, 9.17) is 0 Å². The van der Waals surface area contributed by atoms with E-state index < -0.39 is 34.0 Å². The molecular formula is C27H33N5O5S. The van der Waals surface area contributed by atoms with Gasteiger partial charge in [0.25, 0.3) is 11.8 Å². The van der Waals surface area contributed by atoms with Crippen LogP contribution in [0, 0.1) is 5.92 Å². The van der Waals surface area contributed by atoms with Crippen LogP contribution in [0.2, 0.25) is 0 Å². The number of hydrogen-bond acceptors (Lipinski definition) is 6. The number of rotatable bonds is 12. The highest BCUT2D eigenvalue weighted by molar-refractivity contribution is 7.92. The molecule has 2 aromatic carbocycles. The summed E-state index contributed by atoms with van der Waals surface area (Å²) in [6.07, 6.45) is 6.78. The molecule has 2 atom stereocenters. The highest BCUT2D eigenvalue weighted by atomic mass is 32.2. The Morgan fingerprint density at radius 1 is 1.16 bits per heavy atom. The van der Waals surface area contributed by atoms with Gasteiger partial charge in [0, 0.05) is 25.0 Å². The van der Waals surface area contributed by atoms with Crippen molar-refractivity contribution in [2.24, 2.45) is 5.92 Å². The van der Waals surface area contributed by atoms with Crippen molar-refractivity contribution >= 4 is 33.5 Å². The maximum absolute atomic E-state index is 13.5. The van der Waals surface area contributed by atoms with Gasteiger partial charge in [-0.1, -0.05) is 43.2 Å². The number of aromatic nitrogens is 2. The third-order valence-electron chi connectivity index (χ3n) is 6.64. The molecule has 1 fully saturated rings. The van der Waals surface area contributed by atoms with Crippen molar-refractivity contribution in [2.45, 2.75) is 44.2 Å². The number of amides is 2. The number of benzene rings is 2. The molecule has 1 aliphatic carbocycles. The van der Waals surface area contributed by atoms with Crippen molar-refractivity contribution in [2.75, 3.05) is 22.9 Å². The first-order chi connectivity index (χ1) is 18.1. The molecule has 0 unspecified atom stereocenters.